The number of amides is 2. The van der Waals surface area contributed by atoms with E-state index in [0.717, 1.165) is 14.2 Å². The molecule has 8 aliphatic rings. The predicted molar refractivity (Wildman–Crippen MR) is 306 cm³/mol. The van der Waals surface area contributed by atoms with E-state index in [1.54, 1.807) is 0 Å². The summed E-state index contributed by atoms with van der Waals surface area (Å²) in [7, 11) is -7.10. The number of aliphatic hydroxyl groups excluding tert-OH is 17. The number of rotatable bonds is 30. The SMILES string of the molecule is CCCN1C(=O)CC(SCCCC(=N)NCCOP(=O)(OC)OCC2OC(OC3C(OCC4OC(OC5C(CO)OC(OC6C(O)C(O)C(O)C7OP(=O)(OC)OC67)C(N)C5O)C(O)C(O)C4O)OC(CO)C(O)C3O)C(OC3OC(CO)C(O)C(O)C3O)C(O)C2O)C1=O. The van der Waals surface area contributed by atoms with Crippen molar-refractivity contribution in [3.05, 3.63) is 0 Å². The number of carbonyl (C=O) groups excluding carboxylic acids is 2. The lowest BCUT2D eigenvalue weighted by Crippen LogP contribution is -2.69. The van der Waals surface area contributed by atoms with Gasteiger partial charge in [0.25, 0.3) is 0 Å². The van der Waals surface area contributed by atoms with Crippen molar-refractivity contribution in [2.24, 2.45) is 5.73 Å². The number of phosphoric acid groups is 2. The van der Waals surface area contributed by atoms with Gasteiger partial charge < -0.3 is 145 Å². The molecule has 8 fully saturated rings. The zero-order valence-corrected chi connectivity index (χ0v) is 53.9. The molecule has 0 aromatic heterocycles. The van der Waals surface area contributed by atoms with Crippen LogP contribution in [0.4, 0.5) is 0 Å². The van der Waals surface area contributed by atoms with E-state index in [4.69, 9.17) is 85.7 Å². The largest absolute Gasteiger partial charge is 0.475 e. The minimum atomic E-state index is -4.63. The van der Waals surface area contributed by atoms with Crippen molar-refractivity contribution < 1.29 is 180 Å². The number of ether oxygens (including phenoxy) is 10. The third kappa shape index (κ3) is 17.8. The summed E-state index contributed by atoms with van der Waals surface area (Å²) in [6.45, 7) is -3.33. The second-order valence-electron chi connectivity index (χ2n) is 23.4. The molecule has 95 heavy (non-hydrogen) atoms. The van der Waals surface area contributed by atoms with E-state index in [2.05, 4.69) is 5.32 Å². The Kier molecular flexibility index (Phi) is 28.5. The lowest BCUT2D eigenvalue weighted by atomic mass is 9.84. The van der Waals surface area contributed by atoms with E-state index in [-0.39, 0.29) is 37.0 Å². The Morgan fingerprint density at radius 2 is 1.11 bits per heavy atom. The predicted octanol–water partition coefficient (Wildman–Crippen LogP) is -10.5. The molecule has 0 aromatic carbocycles. The molecular formula is C51H88N4O37P2S. The van der Waals surface area contributed by atoms with E-state index in [9.17, 15) is 106 Å². The van der Waals surface area contributed by atoms with Crippen LogP contribution in [0.1, 0.15) is 32.6 Å². The maximum Gasteiger partial charge on any atom is 0.475 e. The molecule has 34 atom stereocenters. The summed E-state index contributed by atoms with van der Waals surface area (Å²) in [6.07, 6.45) is -58.0. The average Bonchev–Trinajstić information content (AvgIpc) is 1.70. The van der Waals surface area contributed by atoms with Crippen molar-refractivity contribution in [1.29, 1.82) is 5.41 Å². The van der Waals surface area contributed by atoms with Gasteiger partial charge in [0.05, 0.1) is 56.8 Å². The standard InChI is InChI=1S/C51H88N4O37P2S/c1-4-8-55-24(59)11-22(46(55)74)95-10-5-6-23(52)54-7-9-80-93(75,77-2)81-16-21-29(63)35(69)44(89-48-38(72)31(65)26(60)17(12-56)82-48)51(86-21)90-43-34(68)27(61)18(13-57)83-50(43)79-15-20-28(62)32(66)39(73)49(85-20)87-40-19(14-58)84-47(25(53)30(40)64)88-41-36(70)33(67)37(71)42-45(41)92-94(76,78-3)91-42/h17-22,25-45,47-51,56-58,60-73H,4-16,53H2,1-3H3,(H2,52,54). The van der Waals surface area contributed by atoms with Crippen LogP contribution in [0.25, 0.3) is 0 Å². The van der Waals surface area contributed by atoms with Crippen LogP contribution < -0.4 is 11.1 Å². The van der Waals surface area contributed by atoms with Crippen LogP contribution in [-0.4, -0.2) is 377 Å². The van der Waals surface area contributed by atoms with Crippen LogP contribution in [0.15, 0.2) is 0 Å². The number of imide groups is 1. The lowest BCUT2D eigenvalue weighted by Gasteiger charge is -2.49. The van der Waals surface area contributed by atoms with Gasteiger partial charge in [0, 0.05) is 40.2 Å². The zero-order chi connectivity index (χ0) is 69.7. The van der Waals surface area contributed by atoms with Crippen LogP contribution in [0.5, 0.6) is 0 Å². The molecule has 21 N–H and O–H groups in total. The highest BCUT2D eigenvalue weighted by atomic mass is 32.2. The fourth-order valence-corrected chi connectivity index (χ4v) is 15.0. The second kappa shape index (κ2) is 34.4. The maximum absolute atomic E-state index is 13.7. The molecule has 0 radical (unpaired) electrons. The number of hydrogen-bond donors (Lipinski definition) is 20. The summed E-state index contributed by atoms with van der Waals surface area (Å²) in [5.41, 5.74) is 6.31. The number of nitrogens with zero attached hydrogens (tertiary/aromatic N) is 1. The molecule has 1 aliphatic carbocycles. The molecule has 0 bridgehead atoms. The first-order valence-electron chi connectivity index (χ1n) is 30.4. The molecule has 7 saturated heterocycles. The number of thioether (sulfide) groups is 1. The topological polar surface area (TPSA) is 625 Å². The minimum absolute atomic E-state index is 0.0479. The minimum Gasteiger partial charge on any atom is -0.394 e. The molecule has 7 aliphatic heterocycles. The number of phosphoric ester groups is 2. The molecule has 44 heteroatoms. The van der Waals surface area contributed by atoms with Gasteiger partial charge in [0.2, 0.25) is 11.8 Å². The van der Waals surface area contributed by atoms with Crippen LogP contribution >= 0.6 is 27.4 Å². The van der Waals surface area contributed by atoms with Gasteiger partial charge in [0.15, 0.2) is 31.5 Å². The highest BCUT2D eigenvalue weighted by Crippen LogP contribution is 2.60. The van der Waals surface area contributed by atoms with E-state index in [1.165, 1.54) is 16.7 Å². The molecule has 0 spiro atoms. The number of nitrogens with one attached hydrogen (secondary N) is 2. The third-order valence-corrected chi connectivity index (χ3v) is 21.2. The number of amidine groups is 1. The Bertz CT molecular complexity index is 2590. The number of aliphatic hydroxyl groups is 17. The molecule has 7 heterocycles. The monoisotopic (exact) mass is 1440 g/mol. The molecular weight excluding hydrogens is 1350 g/mol. The molecule has 550 valence electrons. The second-order valence-corrected chi connectivity index (χ2v) is 28.2. The smallest absolute Gasteiger partial charge is 0.394 e. The number of fused-ring (bicyclic) bond motifs is 1. The van der Waals surface area contributed by atoms with Crippen LogP contribution in [0, 0.1) is 5.41 Å². The molecule has 0 aromatic rings. The fraction of sp³-hybridized carbons (Fsp3) is 0.941. The summed E-state index contributed by atoms with van der Waals surface area (Å²) in [6, 6.07) is -1.73. The van der Waals surface area contributed by atoms with Gasteiger partial charge in [-0.2, -0.15) is 0 Å². The summed E-state index contributed by atoms with van der Waals surface area (Å²) < 4.78 is 116. The van der Waals surface area contributed by atoms with E-state index >= 15 is 0 Å². The van der Waals surface area contributed by atoms with Crippen LogP contribution in [0.2, 0.25) is 0 Å². The Morgan fingerprint density at radius 3 is 1.72 bits per heavy atom. The van der Waals surface area contributed by atoms with Crippen LogP contribution in [-0.2, 0) is 93.2 Å². The van der Waals surface area contributed by atoms with E-state index in [0.29, 0.717) is 25.1 Å². The Hall–Kier alpha value is -1.94. The van der Waals surface area contributed by atoms with Crippen LogP contribution in [0.3, 0.4) is 0 Å². The molecule has 2 amide bonds. The first-order valence-corrected chi connectivity index (χ1v) is 34.3. The summed E-state index contributed by atoms with van der Waals surface area (Å²) in [5.74, 6) is 0.0424. The quantitative estimate of drug-likeness (QED) is 0.0104. The molecule has 34 unspecified atom stereocenters. The zero-order valence-electron chi connectivity index (χ0n) is 51.3. The highest BCUT2D eigenvalue weighted by Gasteiger charge is 2.63. The van der Waals surface area contributed by atoms with Crippen molar-refractivity contribution in [3.63, 3.8) is 0 Å². The van der Waals surface area contributed by atoms with Gasteiger partial charge >= 0.3 is 15.6 Å². The Balaban J connectivity index is 0.929. The van der Waals surface area contributed by atoms with Gasteiger partial charge in [0.1, 0.15) is 153 Å². The summed E-state index contributed by atoms with van der Waals surface area (Å²) in [4.78, 5) is 26.0. The van der Waals surface area contributed by atoms with Crippen molar-refractivity contribution in [2.45, 2.75) is 228 Å². The molecule has 1 saturated carbocycles. The maximum atomic E-state index is 13.7. The average molecular weight is 1440 g/mol. The van der Waals surface area contributed by atoms with Gasteiger partial charge in [-0.15, -0.1) is 11.8 Å². The van der Waals surface area contributed by atoms with Crippen molar-refractivity contribution in [3.8, 4) is 0 Å². The van der Waals surface area contributed by atoms with Gasteiger partial charge in [-0.1, -0.05) is 6.92 Å². The fourth-order valence-electron chi connectivity index (χ4n) is 11.6. The lowest BCUT2D eigenvalue weighted by molar-refractivity contribution is -0.396. The van der Waals surface area contributed by atoms with Crippen molar-refractivity contribution >= 4 is 45.1 Å². The first kappa shape index (κ1) is 78.8. The molecule has 8 rings (SSSR count). The highest BCUT2D eigenvalue weighted by molar-refractivity contribution is 8.00. The van der Waals surface area contributed by atoms with Gasteiger partial charge in [-0.3, -0.25) is 47.0 Å². The van der Waals surface area contributed by atoms with Crippen molar-refractivity contribution in [2.75, 3.05) is 72.7 Å². The number of carbonyl (C=O) groups is 2. The first-order chi connectivity index (χ1) is 45.0. The Labute approximate surface area is 545 Å². The summed E-state index contributed by atoms with van der Waals surface area (Å²) in [5, 5.41) is 196. The van der Waals surface area contributed by atoms with Crippen molar-refractivity contribution in [1.82, 2.24) is 10.2 Å². The van der Waals surface area contributed by atoms with Gasteiger partial charge in [-0.25, -0.2) is 9.13 Å². The summed E-state index contributed by atoms with van der Waals surface area (Å²) >= 11 is 1.31. The normalized spacial score (nSPS) is 46.4. The number of nitrogens with two attached hydrogens (primary N) is 1. The number of likely N-dealkylation sites (tertiary alicyclic amines) is 1. The number of hydrogen-bond acceptors (Lipinski definition) is 40. The van der Waals surface area contributed by atoms with E-state index < -0.39 is 251 Å². The third-order valence-electron chi connectivity index (χ3n) is 17.1. The molecule has 41 nitrogen and oxygen atoms in total. The Morgan fingerprint density at radius 1 is 0.611 bits per heavy atom. The van der Waals surface area contributed by atoms with E-state index in [1.807, 2.05) is 6.92 Å². The van der Waals surface area contributed by atoms with Gasteiger partial charge in [-0.05, 0) is 18.6 Å².